The van der Waals surface area contributed by atoms with Crippen molar-refractivity contribution in [1.29, 1.82) is 0 Å². The predicted molar refractivity (Wildman–Crippen MR) is 92.1 cm³/mol. The lowest BCUT2D eigenvalue weighted by Gasteiger charge is -2.14. The Morgan fingerprint density at radius 3 is 2.20 bits per heavy atom. The van der Waals surface area contributed by atoms with Crippen LogP contribution in [0.5, 0.6) is 0 Å². The Bertz CT molecular complexity index is 844. The molecule has 1 unspecified atom stereocenters. The molecule has 0 fully saturated rings. The van der Waals surface area contributed by atoms with Crippen molar-refractivity contribution >= 4 is 15.7 Å². The van der Waals surface area contributed by atoms with Gasteiger partial charge in [0.05, 0.1) is 10.5 Å². The van der Waals surface area contributed by atoms with Crippen LogP contribution in [0.25, 0.3) is 0 Å². The number of anilines is 1. The van der Waals surface area contributed by atoms with E-state index in [-0.39, 0.29) is 10.6 Å². The highest BCUT2D eigenvalue weighted by Crippen LogP contribution is 2.32. The molecule has 0 bridgehead atoms. The molecule has 0 aliphatic rings. The Labute approximate surface area is 145 Å². The molecule has 7 heteroatoms. The van der Waals surface area contributed by atoms with Crippen LogP contribution in [-0.4, -0.2) is 8.42 Å². The molecule has 1 N–H and O–H groups in total. The summed E-state index contributed by atoms with van der Waals surface area (Å²) in [6, 6.07) is 9.49. The minimum atomic E-state index is -4.54. The van der Waals surface area contributed by atoms with Crippen LogP contribution < -0.4 is 4.72 Å². The molecule has 0 radical (unpaired) electrons. The summed E-state index contributed by atoms with van der Waals surface area (Å²) in [5.41, 5.74) is 0.326. The van der Waals surface area contributed by atoms with Gasteiger partial charge >= 0.3 is 6.18 Å². The number of hydrogen-bond donors (Lipinski definition) is 1. The lowest BCUT2D eigenvalue weighted by molar-refractivity contribution is -0.137. The van der Waals surface area contributed by atoms with Crippen LogP contribution >= 0.6 is 0 Å². The van der Waals surface area contributed by atoms with Crippen LogP contribution in [0.2, 0.25) is 0 Å². The average Bonchev–Trinajstić information content (AvgIpc) is 2.52. The Hall–Kier alpha value is -2.02. The lowest BCUT2D eigenvalue weighted by Crippen LogP contribution is -2.14. The van der Waals surface area contributed by atoms with Gasteiger partial charge in [0.1, 0.15) is 0 Å². The molecule has 0 saturated carbocycles. The first-order valence-electron chi connectivity index (χ1n) is 7.84. The van der Waals surface area contributed by atoms with Gasteiger partial charge in [0, 0.05) is 5.69 Å². The van der Waals surface area contributed by atoms with Crippen molar-refractivity contribution < 1.29 is 21.6 Å². The molecule has 0 saturated heterocycles. The van der Waals surface area contributed by atoms with Crippen molar-refractivity contribution in [1.82, 2.24) is 0 Å². The maximum Gasteiger partial charge on any atom is 0.416 e. The van der Waals surface area contributed by atoms with Crippen LogP contribution in [0.15, 0.2) is 47.4 Å². The molecule has 0 aliphatic heterocycles. The van der Waals surface area contributed by atoms with Crippen molar-refractivity contribution in [2.75, 3.05) is 4.72 Å². The van der Waals surface area contributed by atoms with E-state index < -0.39 is 21.8 Å². The standard InChI is InChI=1S/C18H20F3NO2S/c1-4-13(3)14-5-7-17(8-6-14)25(23,24)22-16-10-12(2)9-15(11-16)18(19,20)21/h5-11,13,22H,4H2,1-3H3. The number of alkyl halides is 3. The van der Waals surface area contributed by atoms with Crippen LogP contribution in [0, 0.1) is 6.92 Å². The Morgan fingerprint density at radius 2 is 1.68 bits per heavy atom. The highest BCUT2D eigenvalue weighted by Gasteiger charge is 2.31. The second-order valence-corrected chi connectivity index (χ2v) is 7.75. The van der Waals surface area contributed by atoms with Crippen molar-refractivity contribution in [2.24, 2.45) is 0 Å². The Kier molecular flexibility index (Phi) is 5.46. The van der Waals surface area contributed by atoms with Crippen LogP contribution in [0.3, 0.4) is 0 Å². The number of benzene rings is 2. The Balaban J connectivity index is 2.31. The molecule has 136 valence electrons. The fraction of sp³-hybridized carbons (Fsp3) is 0.333. The van der Waals surface area contributed by atoms with E-state index >= 15 is 0 Å². The molecule has 0 aliphatic carbocycles. The second-order valence-electron chi connectivity index (χ2n) is 6.07. The first-order valence-corrected chi connectivity index (χ1v) is 9.33. The summed E-state index contributed by atoms with van der Waals surface area (Å²) in [6.07, 6.45) is -3.61. The van der Waals surface area contributed by atoms with Gasteiger partial charge in [-0.15, -0.1) is 0 Å². The zero-order valence-electron chi connectivity index (χ0n) is 14.2. The molecule has 3 nitrogen and oxygen atoms in total. The van der Waals surface area contributed by atoms with E-state index in [2.05, 4.69) is 4.72 Å². The minimum Gasteiger partial charge on any atom is -0.280 e. The zero-order chi connectivity index (χ0) is 18.8. The van der Waals surface area contributed by atoms with E-state index in [4.69, 9.17) is 0 Å². The molecule has 0 heterocycles. The van der Waals surface area contributed by atoms with E-state index in [1.54, 1.807) is 12.1 Å². The summed E-state index contributed by atoms with van der Waals surface area (Å²) in [5, 5.41) is 0. The number of halogens is 3. The predicted octanol–water partition coefficient (Wildman–Crippen LogP) is 5.33. The molecular weight excluding hydrogens is 351 g/mol. The maximum atomic E-state index is 12.9. The molecule has 2 rings (SSSR count). The summed E-state index contributed by atoms with van der Waals surface area (Å²) in [7, 11) is -3.96. The van der Waals surface area contributed by atoms with Crippen LogP contribution in [-0.2, 0) is 16.2 Å². The van der Waals surface area contributed by atoms with Gasteiger partial charge in [-0.3, -0.25) is 4.72 Å². The van der Waals surface area contributed by atoms with Crippen molar-refractivity contribution in [3.05, 3.63) is 59.2 Å². The SMILES string of the molecule is CCC(C)c1ccc(S(=O)(=O)Nc2cc(C)cc(C(F)(F)F)c2)cc1. The van der Waals surface area contributed by atoms with Crippen LogP contribution in [0.1, 0.15) is 42.9 Å². The largest absolute Gasteiger partial charge is 0.416 e. The first kappa shape index (κ1) is 19.3. The first-order chi connectivity index (χ1) is 11.5. The van der Waals surface area contributed by atoms with Crippen LogP contribution in [0.4, 0.5) is 18.9 Å². The highest BCUT2D eigenvalue weighted by atomic mass is 32.2. The second kappa shape index (κ2) is 7.07. The summed E-state index contributed by atoms with van der Waals surface area (Å²) >= 11 is 0. The lowest BCUT2D eigenvalue weighted by atomic mass is 9.99. The van der Waals surface area contributed by atoms with Gasteiger partial charge in [-0.25, -0.2) is 8.42 Å². The minimum absolute atomic E-state index is 0.00891. The third-order valence-electron chi connectivity index (χ3n) is 4.03. The fourth-order valence-corrected chi connectivity index (χ4v) is 3.47. The number of hydrogen-bond acceptors (Lipinski definition) is 2. The number of nitrogens with one attached hydrogen (secondary N) is 1. The summed E-state index contributed by atoms with van der Waals surface area (Å²) in [4.78, 5) is 0.00891. The van der Waals surface area contributed by atoms with Crippen molar-refractivity contribution in [2.45, 2.75) is 44.2 Å². The van der Waals surface area contributed by atoms with E-state index in [0.29, 0.717) is 11.5 Å². The normalized spacial score (nSPS) is 13.5. The highest BCUT2D eigenvalue weighted by molar-refractivity contribution is 7.92. The third kappa shape index (κ3) is 4.75. The molecule has 0 aromatic heterocycles. The maximum absolute atomic E-state index is 12.9. The molecule has 25 heavy (non-hydrogen) atoms. The van der Waals surface area contributed by atoms with E-state index in [0.717, 1.165) is 24.1 Å². The van der Waals surface area contributed by atoms with Gasteiger partial charge in [-0.05, 0) is 60.7 Å². The van der Waals surface area contributed by atoms with Gasteiger partial charge < -0.3 is 0 Å². The topological polar surface area (TPSA) is 46.2 Å². The average molecular weight is 371 g/mol. The van der Waals surface area contributed by atoms with Crippen molar-refractivity contribution in [3.8, 4) is 0 Å². The fourth-order valence-electron chi connectivity index (χ4n) is 2.43. The van der Waals surface area contributed by atoms with E-state index in [1.807, 2.05) is 13.8 Å². The van der Waals surface area contributed by atoms with Gasteiger partial charge in [0.15, 0.2) is 0 Å². The zero-order valence-corrected chi connectivity index (χ0v) is 15.0. The number of sulfonamides is 1. The summed E-state index contributed by atoms with van der Waals surface area (Å²) in [6.45, 7) is 5.55. The summed E-state index contributed by atoms with van der Waals surface area (Å²) < 4.78 is 65.7. The van der Waals surface area contributed by atoms with Gasteiger partial charge in [0.2, 0.25) is 0 Å². The number of aryl methyl sites for hydroxylation is 1. The smallest absolute Gasteiger partial charge is 0.280 e. The molecular formula is C18H20F3NO2S. The third-order valence-corrected chi connectivity index (χ3v) is 5.43. The molecule has 2 aromatic carbocycles. The quantitative estimate of drug-likeness (QED) is 0.772. The Morgan fingerprint density at radius 1 is 1.08 bits per heavy atom. The molecule has 0 amide bonds. The van der Waals surface area contributed by atoms with Gasteiger partial charge in [-0.2, -0.15) is 13.2 Å². The molecule has 2 aromatic rings. The number of rotatable bonds is 5. The molecule has 0 spiro atoms. The van der Waals surface area contributed by atoms with Gasteiger partial charge in [0.25, 0.3) is 10.0 Å². The molecule has 1 atom stereocenters. The van der Waals surface area contributed by atoms with Gasteiger partial charge in [-0.1, -0.05) is 26.0 Å². The van der Waals surface area contributed by atoms with E-state index in [1.165, 1.54) is 25.1 Å². The van der Waals surface area contributed by atoms with E-state index in [9.17, 15) is 21.6 Å². The summed E-state index contributed by atoms with van der Waals surface area (Å²) in [5.74, 6) is 0.302. The monoisotopic (exact) mass is 371 g/mol. The van der Waals surface area contributed by atoms with Crippen molar-refractivity contribution in [3.63, 3.8) is 0 Å².